The maximum atomic E-state index is 2.40. The van der Waals surface area contributed by atoms with Crippen LogP contribution in [0, 0.1) is 17.8 Å². The largest absolute Gasteiger partial charge is 0.0776 e. The zero-order valence-corrected chi connectivity index (χ0v) is 7.56. The molecule has 0 amide bonds. The van der Waals surface area contributed by atoms with Gasteiger partial charge < -0.3 is 0 Å². The van der Waals surface area contributed by atoms with E-state index in [1.54, 1.807) is 12.8 Å². The summed E-state index contributed by atoms with van der Waals surface area (Å²) in [5, 5.41) is 0. The van der Waals surface area contributed by atoms with E-state index in [-0.39, 0.29) is 7.43 Å². The van der Waals surface area contributed by atoms with Gasteiger partial charge in [0.1, 0.15) is 0 Å². The van der Waals surface area contributed by atoms with E-state index in [0.29, 0.717) is 0 Å². The van der Waals surface area contributed by atoms with Gasteiger partial charge >= 0.3 is 0 Å². The first-order valence-corrected chi connectivity index (χ1v) is 4.84. The van der Waals surface area contributed by atoms with Crippen LogP contribution in [0.5, 0.6) is 0 Å². The summed E-state index contributed by atoms with van der Waals surface area (Å²) >= 11 is 0. The van der Waals surface area contributed by atoms with Crippen molar-refractivity contribution < 1.29 is 0 Å². The monoisotopic (exact) mass is 156 g/mol. The molecule has 0 heterocycles. The van der Waals surface area contributed by atoms with Gasteiger partial charge in [-0.3, -0.25) is 0 Å². The highest BCUT2D eigenvalue weighted by molar-refractivity contribution is 4.87. The van der Waals surface area contributed by atoms with Crippen molar-refractivity contribution in [3.05, 3.63) is 0 Å². The van der Waals surface area contributed by atoms with E-state index >= 15 is 0 Å². The highest BCUT2D eigenvalue weighted by Gasteiger charge is 2.35. The Morgan fingerprint density at radius 2 is 1.18 bits per heavy atom. The number of rotatable bonds is 0. The normalized spacial score (nSPS) is 39.0. The van der Waals surface area contributed by atoms with Gasteiger partial charge in [-0.25, -0.2) is 0 Å². The van der Waals surface area contributed by atoms with E-state index < -0.39 is 0 Å². The van der Waals surface area contributed by atoms with Crippen LogP contribution < -0.4 is 0 Å². The van der Waals surface area contributed by atoms with Crippen LogP contribution >= 0.6 is 0 Å². The van der Waals surface area contributed by atoms with Crippen LogP contribution in [0.2, 0.25) is 0 Å². The molecule has 0 atom stereocenters. The number of hydrogen-bond donors (Lipinski definition) is 0. The third-order valence-corrected chi connectivity index (χ3v) is 2.80. The summed E-state index contributed by atoms with van der Waals surface area (Å²) in [5.74, 6) is 3.37. The molecule has 3 fully saturated rings. The summed E-state index contributed by atoms with van der Waals surface area (Å²) in [6.45, 7) is 6.40. The minimum Gasteiger partial charge on any atom is -0.0776 e. The molecule has 0 aromatic carbocycles. The molecule has 3 aliphatic carbocycles. The Balaban J connectivity index is 0.000000311. The van der Waals surface area contributed by atoms with E-state index in [1.807, 2.05) is 13.8 Å². The average molecular weight is 156 g/mol. The molecule has 3 saturated carbocycles. The molecule has 68 valence electrons. The molecule has 0 spiro atoms. The molecule has 0 aromatic heterocycles. The molecule has 0 aliphatic heterocycles. The molecule has 3 aliphatic rings. The predicted octanol–water partition coefficient (Wildman–Crippen LogP) is 4.10. The second-order valence-electron chi connectivity index (χ2n) is 3.78. The average Bonchev–Trinajstić information content (AvgIpc) is 1.90. The van der Waals surface area contributed by atoms with E-state index in [1.165, 1.54) is 12.8 Å². The topological polar surface area (TPSA) is 0 Å². The molecule has 0 aromatic rings. The van der Waals surface area contributed by atoms with Gasteiger partial charge in [0.25, 0.3) is 0 Å². The summed E-state index contributed by atoms with van der Waals surface area (Å²) in [6.07, 6.45) is 6.22. The van der Waals surface area contributed by atoms with Crippen molar-refractivity contribution in [2.75, 3.05) is 0 Å². The summed E-state index contributed by atoms with van der Waals surface area (Å²) in [6, 6.07) is 0. The standard InChI is InChI=1S/C8H14.C2H6.CH4/c1-6-2-7-4-8(3-6)5-7;1-2;/h6-8H,2-5H2,1H3;1-2H3;1H4. The first-order chi connectivity index (χ1) is 4.84. The van der Waals surface area contributed by atoms with E-state index in [4.69, 9.17) is 0 Å². The number of hydrogen-bond acceptors (Lipinski definition) is 0. The van der Waals surface area contributed by atoms with E-state index in [2.05, 4.69) is 6.92 Å². The van der Waals surface area contributed by atoms with Gasteiger partial charge in [-0.15, -0.1) is 0 Å². The highest BCUT2D eigenvalue weighted by Crippen LogP contribution is 2.47. The minimum absolute atomic E-state index is 0. The zero-order valence-electron chi connectivity index (χ0n) is 7.56. The lowest BCUT2D eigenvalue weighted by Crippen LogP contribution is -2.32. The molecule has 0 heteroatoms. The van der Waals surface area contributed by atoms with Gasteiger partial charge in [0.05, 0.1) is 0 Å². The van der Waals surface area contributed by atoms with Crippen molar-refractivity contribution >= 4 is 0 Å². The van der Waals surface area contributed by atoms with Gasteiger partial charge in [-0.1, -0.05) is 28.2 Å². The molecule has 0 saturated heterocycles. The van der Waals surface area contributed by atoms with Gasteiger partial charge in [0.15, 0.2) is 0 Å². The highest BCUT2D eigenvalue weighted by atomic mass is 14.4. The smallest absolute Gasteiger partial charge is 0.0406 e. The van der Waals surface area contributed by atoms with Gasteiger partial charge in [-0.05, 0) is 43.4 Å². The fraction of sp³-hybridized carbons (Fsp3) is 1.00. The Kier molecular flexibility index (Phi) is 4.79. The summed E-state index contributed by atoms with van der Waals surface area (Å²) < 4.78 is 0. The second-order valence-corrected chi connectivity index (χ2v) is 3.78. The summed E-state index contributed by atoms with van der Waals surface area (Å²) in [4.78, 5) is 0. The summed E-state index contributed by atoms with van der Waals surface area (Å²) in [5.41, 5.74) is 0. The van der Waals surface area contributed by atoms with Crippen LogP contribution in [0.4, 0.5) is 0 Å². The molecule has 11 heavy (non-hydrogen) atoms. The Morgan fingerprint density at radius 3 is 1.36 bits per heavy atom. The van der Waals surface area contributed by atoms with Crippen molar-refractivity contribution in [2.24, 2.45) is 17.8 Å². The van der Waals surface area contributed by atoms with E-state index in [9.17, 15) is 0 Å². The van der Waals surface area contributed by atoms with Crippen LogP contribution in [-0.4, -0.2) is 0 Å². The zero-order chi connectivity index (χ0) is 7.56. The van der Waals surface area contributed by atoms with Crippen molar-refractivity contribution in [1.29, 1.82) is 0 Å². The fourth-order valence-electron chi connectivity index (χ4n) is 2.49. The molecule has 0 radical (unpaired) electrons. The van der Waals surface area contributed by atoms with Crippen LogP contribution in [0.3, 0.4) is 0 Å². The molecule has 0 unspecified atom stereocenters. The Hall–Kier alpha value is 0. The molecule has 0 nitrogen and oxygen atoms in total. The van der Waals surface area contributed by atoms with Crippen LogP contribution in [0.1, 0.15) is 53.9 Å². The molecular weight excluding hydrogens is 132 g/mol. The first kappa shape index (κ1) is 11.0. The van der Waals surface area contributed by atoms with Gasteiger partial charge in [0.2, 0.25) is 0 Å². The molecule has 0 N–H and O–H groups in total. The Bertz CT molecular complexity index is 80.2. The lowest BCUT2D eigenvalue weighted by molar-refractivity contribution is 0.0751. The summed E-state index contributed by atoms with van der Waals surface area (Å²) in [7, 11) is 0. The quantitative estimate of drug-likeness (QED) is 0.495. The Morgan fingerprint density at radius 1 is 0.818 bits per heavy atom. The van der Waals surface area contributed by atoms with Crippen molar-refractivity contribution in [3.63, 3.8) is 0 Å². The lowest BCUT2D eigenvalue weighted by Gasteiger charge is -2.44. The van der Waals surface area contributed by atoms with Crippen LogP contribution in [0.15, 0.2) is 0 Å². The van der Waals surface area contributed by atoms with Crippen molar-refractivity contribution in [1.82, 2.24) is 0 Å². The van der Waals surface area contributed by atoms with Crippen molar-refractivity contribution in [3.8, 4) is 0 Å². The van der Waals surface area contributed by atoms with Crippen LogP contribution in [0.25, 0.3) is 0 Å². The first-order valence-electron chi connectivity index (χ1n) is 4.84. The van der Waals surface area contributed by atoms with E-state index in [0.717, 1.165) is 17.8 Å². The maximum Gasteiger partial charge on any atom is -0.0406 e. The molecule has 3 rings (SSSR count). The van der Waals surface area contributed by atoms with Crippen LogP contribution in [-0.2, 0) is 0 Å². The molecular formula is C11H24. The second kappa shape index (κ2) is 4.79. The van der Waals surface area contributed by atoms with Gasteiger partial charge in [0, 0.05) is 0 Å². The third kappa shape index (κ3) is 2.50. The lowest BCUT2D eigenvalue weighted by atomic mass is 9.62. The van der Waals surface area contributed by atoms with Crippen molar-refractivity contribution in [2.45, 2.75) is 53.9 Å². The third-order valence-electron chi connectivity index (χ3n) is 2.80. The Labute approximate surface area is 72.4 Å². The van der Waals surface area contributed by atoms with Gasteiger partial charge in [-0.2, -0.15) is 0 Å². The number of fused-ring (bicyclic) bond motifs is 2. The molecule has 2 bridgehead atoms. The SMILES string of the molecule is C.CC.CC1CC2CC(C1)C2. The fourth-order valence-corrected chi connectivity index (χ4v) is 2.49. The predicted molar refractivity (Wildman–Crippen MR) is 52.7 cm³/mol. The minimum atomic E-state index is 0. The maximum absolute atomic E-state index is 2.40.